The van der Waals surface area contributed by atoms with E-state index in [1.54, 1.807) is 20.0 Å². The van der Waals surface area contributed by atoms with Gasteiger partial charge in [0, 0.05) is 32.6 Å². The Morgan fingerprint density at radius 1 is 1.50 bits per heavy atom. The van der Waals surface area contributed by atoms with Crippen LogP contribution in [0, 0.1) is 0 Å². The fourth-order valence-corrected chi connectivity index (χ4v) is 3.16. The summed E-state index contributed by atoms with van der Waals surface area (Å²) in [6.45, 7) is 7.89. The minimum atomic E-state index is -0.328. The Morgan fingerprint density at radius 3 is 2.85 bits per heavy atom. The van der Waals surface area contributed by atoms with Gasteiger partial charge in [0.2, 0.25) is 5.91 Å². The fraction of sp³-hybridized carbons (Fsp3) is 0.615. The number of amides is 1. The van der Waals surface area contributed by atoms with Crippen LogP contribution in [0.3, 0.4) is 0 Å². The molecule has 0 aromatic carbocycles. The Balaban J connectivity index is 2.05. The molecule has 0 bridgehead atoms. The third kappa shape index (κ3) is 3.09. The molecule has 6 nitrogen and oxygen atoms in total. The van der Waals surface area contributed by atoms with E-state index < -0.39 is 0 Å². The standard InChI is InChI=1S/C13H19N3O3S/c1-4-19-12(18)11-7-14-13(20-11)16-6-5-15(10(3)17)8-9(16)2/h7,9H,4-6,8H2,1-3H3/t9-/m1/s1. The predicted molar refractivity (Wildman–Crippen MR) is 77.1 cm³/mol. The Bertz CT molecular complexity index is 503. The molecule has 110 valence electrons. The number of rotatable bonds is 3. The quantitative estimate of drug-likeness (QED) is 0.789. The number of anilines is 1. The van der Waals surface area contributed by atoms with E-state index in [-0.39, 0.29) is 17.9 Å². The second-order valence-corrected chi connectivity index (χ2v) is 5.74. The Morgan fingerprint density at radius 2 is 2.25 bits per heavy atom. The van der Waals surface area contributed by atoms with Gasteiger partial charge < -0.3 is 14.5 Å². The molecule has 0 aliphatic carbocycles. The van der Waals surface area contributed by atoms with Crippen LogP contribution in [0.25, 0.3) is 0 Å². The Labute approximate surface area is 122 Å². The molecule has 7 heteroatoms. The summed E-state index contributed by atoms with van der Waals surface area (Å²) in [5.74, 6) is -0.228. The normalized spacial score (nSPS) is 19.1. The first kappa shape index (κ1) is 14.8. The first-order valence-electron chi connectivity index (χ1n) is 6.68. The number of carbonyl (C=O) groups excluding carboxylic acids is 2. The van der Waals surface area contributed by atoms with Crippen molar-refractivity contribution in [3.8, 4) is 0 Å². The lowest BCUT2D eigenvalue weighted by molar-refractivity contribution is -0.129. The maximum absolute atomic E-state index is 11.6. The van der Waals surface area contributed by atoms with Crippen molar-refractivity contribution in [2.75, 3.05) is 31.1 Å². The van der Waals surface area contributed by atoms with Crippen LogP contribution >= 0.6 is 11.3 Å². The van der Waals surface area contributed by atoms with Crippen molar-refractivity contribution in [1.82, 2.24) is 9.88 Å². The summed E-state index contributed by atoms with van der Waals surface area (Å²) in [7, 11) is 0. The highest BCUT2D eigenvalue weighted by Gasteiger charge is 2.27. The third-order valence-electron chi connectivity index (χ3n) is 3.29. The van der Waals surface area contributed by atoms with Crippen molar-refractivity contribution in [2.45, 2.75) is 26.8 Å². The van der Waals surface area contributed by atoms with Gasteiger partial charge in [-0.15, -0.1) is 0 Å². The zero-order chi connectivity index (χ0) is 14.7. The molecule has 1 amide bonds. The van der Waals surface area contributed by atoms with Crippen LogP contribution in [0.5, 0.6) is 0 Å². The van der Waals surface area contributed by atoms with Crippen molar-refractivity contribution in [1.29, 1.82) is 0 Å². The zero-order valence-corrected chi connectivity index (χ0v) is 12.8. The largest absolute Gasteiger partial charge is 0.462 e. The minimum Gasteiger partial charge on any atom is -0.462 e. The van der Waals surface area contributed by atoms with Crippen LogP contribution in [-0.2, 0) is 9.53 Å². The van der Waals surface area contributed by atoms with Gasteiger partial charge in [0.25, 0.3) is 0 Å². The average molecular weight is 297 g/mol. The molecule has 20 heavy (non-hydrogen) atoms. The number of hydrogen-bond acceptors (Lipinski definition) is 6. The van der Waals surface area contributed by atoms with Gasteiger partial charge in [0.05, 0.1) is 12.8 Å². The lowest BCUT2D eigenvalue weighted by atomic mass is 10.2. The maximum atomic E-state index is 11.6. The van der Waals surface area contributed by atoms with E-state index in [0.717, 1.165) is 11.7 Å². The summed E-state index contributed by atoms with van der Waals surface area (Å²) < 4.78 is 4.96. The van der Waals surface area contributed by atoms with Crippen LogP contribution < -0.4 is 4.90 Å². The zero-order valence-electron chi connectivity index (χ0n) is 12.0. The van der Waals surface area contributed by atoms with E-state index in [1.165, 1.54) is 11.3 Å². The van der Waals surface area contributed by atoms with Gasteiger partial charge in [-0.2, -0.15) is 0 Å². The summed E-state index contributed by atoms with van der Waals surface area (Å²) in [5.41, 5.74) is 0. The number of piperazine rings is 1. The predicted octanol–water partition coefficient (Wildman–Crippen LogP) is 1.38. The number of ether oxygens (including phenoxy) is 1. The minimum absolute atomic E-state index is 0.0999. The molecule has 1 aliphatic rings. The summed E-state index contributed by atoms with van der Waals surface area (Å²) in [5, 5.41) is 0.809. The molecule has 0 radical (unpaired) electrons. The van der Waals surface area contributed by atoms with Crippen molar-refractivity contribution < 1.29 is 14.3 Å². The lowest BCUT2D eigenvalue weighted by Crippen LogP contribution is -2.53. The molecule has 1 fully saturated rings. The molecular weight excluding hydrogens is 278 g/mol. The summed E-state index contributed by atoms with van der Waals surface area (Å²) in [6.07, 6.45) is 1.56. The molecule has 2 heterocycles. The molecular formula is C13H19N3O3S. The van der Waals surface area contributed by atoms with Crippen molar-refractivity contribution in [2.24, 2.45) is 0 Å². The molecule has 0 unspecified atom stereocenters. The monoisotopic (exact) mass is 297 g/mol. The number of thiazole rings is 1. The first-order chi connectivity index (χ1) is 9.52. The van der Waals surface area contributed by atoms with Crippen LogP contribution in [0.2, 0.25) is 0 Å². The molecule has 0 N–H and O–H groups in total. The summed E-state index contributed by atoms with van der Waals surface area (Å²) in [6, 6.07) is 0.189. The highest BCUT2D eigenvalue weighted by Crippen LogP contribution is 2.26. The molecule has 2 rings (SSSR count). The van der Waals surface area contributed by atoms with Gasteiger partial charge >= 0.3 is 5.97 Å². The Kier molecular flexibility index (Phi) is 4.59. The number of carbonyl (C=O) groups is 2. The molecule has 1 atom stereocenters. The van der Waals surface area contributed by atoms with Gasteiger partial charge in [-0.25, -0.2) is 9.78 Å². The molecule has 1 aromatic rings. The van der Waals surface area contributed by atoms with Crippen LogP contribution in [-0.4, -0.2) is 54.0 Å². The van der Waals surface area contributed by atoms with E-state index >= 15 is 0 Å². The highest BCUT2D eigenvalue weighted by atomic mass is 32.1. The first-order valence-corrected chi connectivity index (χ1v) is 7.49. The molecule has 1 aliphatic heterocycles. The second-order valence-electron chi connectivity index (χ2n) is 4.74. The van der Waals surface area contributed by atoms with E-state index in [0.29, 0.717) is 24.6 Å². The average Bonchev–Trinajstić information content (AvgIpc) is 2.88. The summed E-state index contributed by atoms with van der Waals surface area (Å²) >= 11 is 1.34. The van der Waals surface area contributed by atoms with E-state index in [4.69, 9.17) is 4.74 Å². The highest BCUT2D eigenvalue weighted by molar-refractivity contribution is 7.17. The maximum Gasteiger partial charge on any atom is 0.350 e. The molecule has 0 spiro atoms. The van der Waals surface area contributed by atoms with Crippen LogP contribution in [0.15, 0.2) is 6.20 Å². The van der Waals surface area contributed by atoms with Crippen LogP contribution in [0.1, 0.15) is 30.4 Å². The molecule has 0 saturated carbocycles. The van der Waals surface area contributed by atoms with E-state index in [1.807, 2.05) is 4.90 Å². The smallest absolute Gasteiger partial charge is 0.350 e. The third-order valence-corrected chi connectivity index (χ3v) is 4.30. The van der Waals surface area contributed by atoms with Crippen molar-refractivity contribution >= 4 is 28.3 Å². The van der Waals surface area contributed by atoms with E-state index in [9.17, 15) is 9.59 Å². The number of hydrogen-bond donors (Lipinski definition) is 0. The van der Waals surface area contributed by atoms with Gasteiger partial charge in [-0.3, -0.25) is 4.79 Å². The second kappa shape index (κ2) is 6.21. The van der Waals surface area contributed by atoms with E-state index in [2.05, 4.69) is 16.8 Å². The molecule has 1 saturated heterocycles. The SMILES string of the molecule is CCOC(=O)c1cnc(N2CCN(C(C)=O)C[C@H]2C)s1. The lowest BCUT2D eigenvalue weighted by Gasteiger charge is -2.39. The molecule has 1 aromatic heterocycles. The topological polar surface area (TPSA) is 62.7 Å². The fourth-order valence-electron chi connectivity index (χ4n) is 2.22. The van der Waals surface area contributed by atoms with Crippen molar-refractivity contribution in [3.05, 3.63) is 11.1 Å². The van der Waals surface area contributed by atoms with Gasteiger partial charge in [0.1, 0.15) is 4.88 Å². The van der Waals surface area contributed by atoms with Crippen molar-refractivity contribution in [3.63, 3.8) is 0 Å². The number of nitrogens with zero attached hydrogens (tertiary/aromatic N) is 3. The van der Waals surface area contributed by atoms with Gasteiger partial charge in [-0.05, 0) is 13.8 Å². The Hall–Kier alpha value is -1.63. The van der Waals surface area contributed by atoms with Crippen LogP contribution in [0.4, 0.5) is 5.13 Å². The summed E-state index contributed by atoms with van der Waals surface area (Å²) in [4.78, 5) is 31.8. The van der Waals surface area contributed by atoms with Gasteiger partial charge in [0.15, 0.2) is 5.13 Å². The van der Waals surface area contributed by atoms with Gasteiger partial charge in [-0.1, -0.05) is 11.3 Å². The number of esters is 1. The number of aromatic nitrogens is 1.